The maximum absolute atomic E-state index is 13.6. The van der Waals surface area contributed by atoms with E-state index in [1.165, 1.54) is 0 Å². The van der Waals surface area contributed by atoms with Crippen LogP contribution >= 0.6 is 0 Å². The highest BCUT2D eigenvalue weighted by atomic mass is 19.4. The summed E-state index contributed by atoms with van der Waals surface area (Å²) < 4.78 is 57.9. The molecule has 3 N–H and O–H groups in total. The fraction of sp³-hybridized carbons (Fsp3) is 0.500. The van der Waals surface area contributed by atoms with Crippen LogP contribution in [0, 0.1) is 0 Å². The van der Waals surface area contributed by atoms with Crippen molar-refractivity contribution in [3.05, 3.63) is 29.5 Å². The third kappa shape index (κ3) is 4.96. The molecule has 1 aromatic carbocycles. The number of H-pyrrole nitrogens is 1. The smallest absolute Gasteiger partial charge is 0.418 e. The normalized spacial score (nSPS) is 18.1. The number of fused-ring (bicyclic) bond motifs is 2. The zero-order valence-electron chi connectivity index (χ0n) is 21.9. The molecule has 1 amide bonds. The van der Waals surface area contributed by atoms with Gasteiger partial charge in [0.1, 0.15) is 24.7 Å². The highest BCUT2D eigenvalue weighted by Crippen LogP contribution is 2.43. The van der Waals surface area contributed by atoms with Gasteiger partial charge in [0.05, 0.1) is 41.5 Å². The molecule has 0 saturated carbocycles. The van der Waals surface area contributed by atoms with E-state index >= 15 is 0 Å². The Bertz CT molecular complexity index is 1400. The van der Waals surface area contributed by atoms with Gasteiger partial charge in [0.25, 0.3) is 5.91 Å². The number of benzene rings is 1. The van der Waals surface area contributed by atoms with Gasteiger partial charge in [0.15, 0.2) is 11.5 Å². The van der Waals surface area contributed by atoms with Gasteiger partial charge in [-0.1, -0.05) is 6.92 Å². The number of amides is 1. The summed E-state index contributed by atoms with van der Waals surface area (Å²) in [4.78, 5) is 28.9. The number of carbonyl (C=O) groups excluding carboxylic acids is 1. The van der Waals surface area contributed by atoms with E-state index in [0.717, 1.165) is 32.5 Å². The monoisotopic (exact) mass is 561 g/mol. The van der Waals surface area contributed by atoms with Crippen LogP contribution in [0.1, 0.15) is 29.3 Å². The van der Waals surface area contributed by atoms with Gasteiger partial charge >= 0.3 is 6.18 Å². The minimum Gasteiger partial charge on any atom is -0.485 e. The van der Waals surface area contributed by atoms with Gasteiger partial charge in [0, 0.05) is 38.9 Å². The Balaban J connectivity index is 1.27. The Labute approximate surface area is 228 Å². The van der Waals surface area contributed by atoms with Crippen molar-refractivity contribution in [2.75, 3.05) is 69.8 Å². The lowest BCUT2D eigenvalue weighted by molar-refractivity contribution is -0.136. The molecule has 0 bridgehead atoms. The van der Waals surface area contributed by atoms with Crippen molar-refractivity contribution < 1.29 is 32.2 Å². The van der Waals surface area contributed by atoms with Crippen molar-refractivity contribution in [1.29, 1.82) is 0 Å². The van der Waals surface area contributed by atoms with Crippen molar-refractivity contribution in [3.8, 4) is 11.5 Å². The van der Waals surface area contributed by atoms with Crippen LogP contribution in [0.15, 0.2) is 18.3 Å². The summed E-state index contributed by atoms with van der Waals surface area (Å²) in [7, 11) is 0. The molecule has 5 heterocycles. The zero-order valence-corrected chi connectivity index (χ0v) is 21.9. The summed E-state index contributed by atoms with van der Waals surface area (Å²) >= 11 is 0. The first-order valence-corrected chi connectivity index (χ1v) is 13.3. The first kappa shape index (κ1) is 26.4. The van der Waals surface area contributed by atoms with Crippen molar-refractivity contribution in [2.45, 2.75) is 25.6 Å². The van der Waals surface area contributed by atoms with Gasteiger partial charge in [-0.15, -0.1) is 0 Å². The summed E-state index contributed by atoms with van der Waals surface area (Å²) in [6, 6.07) is 3.76. The molecule has 2 aromatic heterocycles. The molecule has 6 rings (SSSR count). The molecule has 3 aliphatic rings. The van der Waals surface area contributed by atoms with Crippen molar-refractivity contribution in [1.82, 2.24) is 24.8 Å². The van der Waals surface area contributed by atoms with Crippen LogP contribution in [0.5, 0.6) is 11.5 Å². The number of nitrogens with one attached hydrogen (secondary N) is 3. The summed E-state index contributed by atoms with van der Waals surface area (Å²) in [6.07, 6.45) is -2.98. The van der Waals surface area contributed by atoms with Crippen LogP contribution in [0.25, 0.3) is 11.0 Å². The Morgan fingerprint density at radius 1 is 1.10 bits per heavy atom. The summed E-state index contributed by atoms with van der Waals surface area (Å²) in [5.41, 5.74) is 0.0198. The van der Waals surface area contributed by atoms with Gasteiger partial charge < -0.3 is 34.7 Å². The van der Waals surface area contributed by atoms with Crippen LogP contribution in [0.3, 0.4) is 0 Å². The zero-order chi connectivity index (χ0) is 27.9. The molecule has 11 nitrogen and oxygen atoms in total. The number of ether oxygens (including phenoxy) is 3. The topological polar surface area (TPSA) is 117 Å². The lowest BCUT2D eigenvalue weighted by atomic mass is 10.1. The molecule has 3 aliphatic heterocycles. The van der Waals surface area contributed by atoms with E-state index in [4.69, 9.17) is 14.2 Å². The van der Waals surface area contributed by atoms with Gasteiger partial charge in [0.2, 0.25) is 5.95 Å². The number of halogens is 3. The number of hydrogen-bond acceptors (Lipinski definition) is 9. The third-order valence-corrected chi connectivity index (χ3v) is 7.28. The quantitative estimate of drug-likeness (QED) is 0.399. The summed E-state index contributed by atoms with van der Waals surface area (Å²) in [5.74, 6) is 0.631. The van der Waals surface area contributed by atoms with Crippen LogP contribution in [-0.4, -0.2) is 95.9 Å². The highest BCUT2D eigenvalue weighted by Gasteiger charge is 2.36. The number of nitrogens with zero attached hydrogens (tertiary/aromatic N) is 4. The largest absolute Gasteiger partial charge is 0.485 e. The van der Waals surface area contributed by atoms with Crippen LogP contribution in [0.2, 0.25) is 0 Å². The first-order valence-electron chi connectivity index (χ1n) is 13.3. The Morgan fingerprint density at radius 3 is 2.52 bits per heavy atom. The molecule has 0 spiro atoms. The first-order chi connectivity index (χ1) is 19.3. The van der Waals surface area contributed by atoms with E-state index in [1.807, 2.05) is 11.8 Å². The average Bonchev–Trinajstić information content (AvgIpc) is 3.36. The van der Waals surface area contributed by atoms with E-state index < -0.39 is 11.7 Å². The van der Waals surface area contributed by atoms with Gasteiger partial charge in [-0.3, -0.25) is 9.69 Å². The standard InChI is InChI=1S/C26H30F3N7O4/c1-2-5-30-22-19-17(26(27,28)29)12-31-23(19)34-25(33-22)32-18-4-3-16(20-21(18)40-11-10-39-20)24(37)36-8-6-35(7-9-36)15-13-38-14-15/h3-4,12,15H,2,5-11,13-14H2,1H3,(H3,30,31,32,33,34). The second kappa shape index (κ2) is 10.7. The summed E-state index contributed by atoms with van der Waals surface area (Å²) in [5, 5.41) is 5.90. The predicted octanol–water partition coefficient (Wildman–Crippen LogP) is 3.47. The predicted molar refractivity (Wildman–Crippen MR) is 140 cm³/mol. The number of hydrogen-bond donors (Lipinski definition) is 3. The lowest BCUT2D eigenvalue weighted by Crippen LogP contribution is -2.57. The molecule has 2 fully saturated rings. The minimum atomic E-state index is -4.57. The Hall–Kier alpha value is -3.78. The number of alkyl halides is 3. The molecule has 0 atom stereocenters. The number of piperazine rings is 1. The molecule has 214 valence electrons. The fourth-order valence-corrected chi connectivity index (χ4v) is 5.10. The summed E-state index contributed by atoms with van der Waals surface area (Å²) in [6.45, 7) is 7.12. The van der Waals surface area contributed by atoms with Crippen LogP contribution < -0.4 is 20.1 Å². The third-order valence-electron chi connectivity index (χ3n) is 7.28. The minimum absolute atomic E-state index is 0.0360. The maximum Gasteiger partial charge on any atom is 0.418 e. The van der Waals surface area contributed by atoms with E-state index in [-0.39, 0.29) is 41.9 Å². The average molecular weight is 562 g/mol. The molecular formula is C26H30F3N7O4. The number of rotatable bonds is 7. The lowest BCUT2D eigenvalue weighted by Gasteiger charge is -2.42. The van der Waals surface area contributed by atoms with E-state index in [1.54, 1.807) is 12.1 Å². The molecule has 40 heavy (non-hydrogen) atoms. The van der Waals surface area contributed by atoms with Crippen LogP contribution in [0.4, 0.5) is 30.6 Å². The van der Waals surface area contributed by atoms with Crippen molar-refractivity contribution in [2.24, 2.45) is 0 Å². The second-order valence-electron chi connectivity index (χ2n) is 9.91. The Kier molecular flexibility index (Phi) is 7.04. The van der Waals surface area contributed by atoms with Crippen molar-refractivity contribution >= 4 is 34.4 Å². The number of carbonyl (C=O) groups is 1. The number of aromatic amines is 1. The molecule has 0 unspecified atom stereocenters. The van der Waals surface area contributed by atoms with Crippen molar-refractivity contribution in [3.63, 3.8) is 0 Å². The maximum atomic E-state index is 13.6. The number of anilines is 3. The Morgan fingerprint density at radius 2 is 1.85 bits per heavy atom. The van der Waals surface area contributed by atoms with E-state index in [0.29, 0.717) is 54.8 Å². The molecule has 0 radical (unpaired) electrons. The highest BCUT2D eigenvalue weighted by molar-refractivity contribution is 5.99. The number of aromatic nitrogens is 3. The van der Waals surface area contributed by atoms with E-state index in [2.05, 4.69) is 30.5 Å². The molecule has 2 saturated heterocycles. The van der Waals surface area contributed by atoms with Crippen LogP contribution in [-0.2, 0) is 10.9 Å². The fourth-order valence-electron chi connectivity index (χ4n) is 5.10. The molecule has 14 heteroatoms. The molecule has 0 aliphatic carbocycles. The SMILES string of the molecule is CCCNc1nc(Nc2ccc(C(=O)N3CCN(C4COC4)CC3)c3c2OCCO3)nc2[nH]cc(C(F)(F)F)c12. The molecule has 3 aromatic rings. The van der Waals surface area contributed by atoms with Gasteiger partial charge in [-0.05, 0) is 18.6 Å². The van der Waals surface area contributed by atoms with Gasteiger partial charge in [-0.25, -0.2) is 0 Å². The van der Waals surface area contributed by atoms with E-state index in [9.17, 15) is 18.0 Å². The second-order valence-corrected chi connectivity index (χ2v) is 9.91. The van der Waals surface area contributed by atoms with Gasteiger partial charge in [-0.2, -0.15) is 23.1 Å². The molecular weight excluding hydrogens is 531 g/mol.